The van der Waals surface area contributed by atoms with Crippen molar-refractivity contribution in [3.8, 4) is 0 Å². The van der Waals surface area contributed by atoms with Gasteiger partial charge in [0.15, 0.2) is 4.61 Å². The van der Waals surface area contributed by atoms with Gasteiger partial charge in [-0.25, -0.2) is 4.79 Å². The molecule has 0 spiro atoms. The first-order valence-electron chi connectivity index (χ1n) is 7.12. The standard InChI is InChI=1S/C15H16BrClN4O2/c1-15(2,3)23-14(22)21-5-4-8(17)6-10-12(21)9-7-18-20-13(16)11(9)19-10/h4,6,19H,5,7H2,1-3H3. The monoisotopic (exact) mass is 398 g/mol. The van der Waals surface area contributed by atoms with Gasteiger partial charge >= 0.3 is 6.09 Å². The van der Waals surface area contributed by atoms with Gasteiger partial charge in [-0.2, -0.15) is 5.11 Å². The molecule has 3 rings (SSSR count). The predicted octanol–water partition coefficient (Wildman–Crippen LogP) is 3.10. The number of anilines is 1. The van der Waals surface area contributed by atoms with Gasteiger partial charge in [0.25, 0.3) is 0 Å². The summed E-state index contributed by atoms with van der Waals surface area (Å²) in [6.45, 7) is 6.23. The van der Waals surface area contributed by atoms with Crippen molar-refractivity contribution in [2.75, 3.05) is 11.4 Å². The van der Waals surface area contributed by atoms with E-state index in [1.165, 1.54) is 0 Å². The third kappa shape index (κ3) is 3.21. The molecule has 0 radical (unpaired) electrons. The van der Waals surface area contributed by atoms with E-state index in [4.69, 9.17) is 16.3 Å². The summed E-state index contributed by atoms with van der Waals surface area (Å²) < 4.78 is 6.13. The molecule has 0 bridgehead atoms. The zero-order valence-electron chi connectivity index (χ0n) is 13.0. The number of carbonyl (C=O) groups is 1. The Labute approximate surface area is 146 Å². The molecule has 23 heavy (non-hydrogen) atoms. The highest BCUT2D eigenvalue weighted by molar-refractivity contribution is 9.14. The van der Waals surface area contributed by atoms with E-state index < -0.39 is 11.7 Å². The van der Waals surface area contributed by atoms with Crippen LogP contribution in [0.5, 0.6) is 0 Å². The highest BCUT2D eigenvalue weighted by Gasteiger charge is 2.28. The summed E-state index contributed by atoms with van der Waals surface area (Å²) in [5.74, 6) is 0. The van der Waals surface area contributed by atoms with Crippen molar-refractivity contribution in [3.05, 3.63) is 27.4 Å². The number of halogens is 2. The van der Waals surface area contributed by atoms with Crippen LogP contribution in [0.3, 0.4) is 0 Å². The average molecular weight is 400 g/mol. The maximum absolute atomic E-state index is 12.6. The van der Waals surface area contributed by atoms with Gasteiger partial charge in [-0.15, -0.1) is 5.11 Å². The maximum atomic E-state index is 12.6. The number of ether oxygens (including phenoxy) is 1. The lowest BCUT2D eigenvalue weighted by Crippen LogP contribution is -2.39. The Bertz CT molecular complexity index is 848. The van der Waals surface area contributed by atoms with Gasteiger partial charge < -0.3 is 9.72 Å². The van der Waals surface area contributed by atoms with E-state index >= 15 is 0 Å². The SMILES string of the molecule is CC(C)(C)OC(=O)N1CC=C(Cl)C=c2[nH]c3c(c21)CN=NC=3Br. The molecular formula is C15H16BrClN4O2. The summed E-state index contributed by atoms with van der Waals surface area (Å²) in [4.78, 5) is 17.5. The molecule has 0 aromatic carbocycles. The number of azo groups is 1. The highest BCUT2D eigenvalue weighted by atomic mass is 79.9. The van der Waals surface area contributed by atoms with Gasteiger partial charge in [-0.05, 0) is 48.9 Å². The van der Waals surface area contributed by atoms with E-state index in [0.29, 0.717) is 22.7 Å². The number of aromatic nitrogens is 1. The molecule has 1 N–H and O–H groups in total. The number of H-pyrrole nitrogens is 1. The van der Waals surface area contributed by atoms with Crippen molar-refractivity contribution in [1.82, 2.24) is 4.98 Å². The second-order valence-electron chi connectivity index (χ2n) is 6.26. The second-order valence-corrected chi connectivity index (χ2v) is 7.44. The van der Waals surface area contributed by atoms with E-state index in [2.05, 4.69) is 31.1 Å². The Morgan fingerprint density at radius 2 is 2.22 bits per heavy atom. The maximum Gasteiger partial charge on any atom is 0.415 e. The molecule has 0 aliphatic carbocycles. The van der Waals surface area contributed by atoms with Gasteiger partial charge in [-0.3, -0.25) is 4.90 Å². The number of amides is 1. The Morgan fingerprint density at radius 3 is 2.91 bits per heavy atom. The first kappa shape index (κ1) is 16.3. The minimum absolute atomic E-state index is 0.330. The predicted molar refractivity (Wildman–Crippen MR) is 92.9 cm³/mol. The molecule has 0 saturated heterocycles. The molecule has 3 heterocycles. The van der Waals surface area contributed by atoms with Crippen LogP contribution in [0, 0.1) is 0 Å². The number of nitrogens with zero attached hydrogens (tertiary/aromatic N) is 3. The first-order chi connectivity index (χ1) is 10.8. The van der Waals surface area contributed by atoms with Gasteiger partial charge in [0, 0.05) is 17.1 Å². The number of allylic oxidation sites excluding steroid dienone is 1. The fourth-order valence-corrected chi connectivity index (χ4v) is 3.09. The largest absolute Gasteiger partial charge is 0.443 e. The lowest BCUT2D eigenvalue weighted by Gasteiger charge is -2.26. The summed E-state index contributed by atoms with van der Waals surface area (Å²) in [5.41, 5.74) is 1.05. The molecular weight excluding hydrogens is 384 g/mol. The third-order valence-corrected chi connectivity index (χ3v) is 4.15. The normalized spacial score (nSPS) is 17.0. The van der Waals surface area contributed by atoms with Crippen LogP contribution in [-0.4, -0.2) is 23.2 Å². The number of rotatable bonds is 0. The zero-order chi connectivity index (χ0) is 16.8. The summed E-state index contributed by atoms with van der Waals surface area (Å²) >= 11 is 9.58. The van der Waals surface area contributed by atoms with Crippen LogP contribution in [0.15, 0.2) is 21.3 Å². The van der Waals surface area contributed by atoms with Crippen molar-refractivity contribution >= 4 is 50.0 Å². The topological polar surface area (TPSA) is 70.0 Å². The van der Waals surface area contributed by atoms with E-state index in [1.807, 2.05) is 20.8 Å². The second kappa shape index (κ2) is 5.79. The van der Waals surface area contributed by atoms with Gasteiger partial charge in [0.05, 0.1) is 22.9 Å². The van der Waals surface area contributed by atoms with Crippen molar-refractivity contribution < 1.29 is 9.53 Å². The van der Waals surface area contributed by atoms with Gasteiger partial charge in [0.1, 0.15) is 5.60 Å². The fraction of sp³-hybridized carbons (Fsp3) is 0.400. The number of hydrogen-bond donors (Lipinski definition) is 1. The fourth-order valence-electron chi connectivity index (χ4n) is 2.46. The lowest BCUT2D eigenvalue weighted by atomic mass is 10.2. The van der Waals surface area contributed by atoms with Gasteiger partial charge in [-0.1, -0.05) is 11.6 Å². The minimum Gasteiger partial charge on any atom is -0.443 e. The molecule has 122 valence electrons. The van der Waals surface area contributed by atoms with Crippen molar-refractivity contribution in [1.29, 1.82) is 0 Å². The van der Waals surface area contributed by atoms with E-state index in [9.17, 15) is 4.79 Å². The molecule has 0 saturated carbocycles. The van der Waals surface area contributed by atoms with Crippen molar-refractivity contribution in [3.63, 3.8) is 0 Å². The quantitative estimate of drug-likeness (QED) is 0.681. The first-order valence-corrected chi connectivity index (χ1v) is 8.29. The van der Waals surface area contributed by atoms with Crippen LogP contribution < -0.4 is 15.6 Å². The highest BCUT2D eigenvalue weighted by Crippen LogP contribution is 2.24. The number of aromatic amines is 1. The summed E-state index contributed by atoms with van der Waals surface area (Å²) in [7, 11) is 0. The number of hydrogen-bond acceptors (Lipinski definition) is 4. The van der Waals surface area contributed by atoms with E-state index in [-0.39, 0.29) is 0 Å². The minimum atomic E-state index is -0.580. The van der Waals surface area contributed by atoms with Crippen molar-refractivity contribution in [2.24, 2.45) is 10.2 Å². The van der Waals surface area contributed by atoms with Crippen LogP contribution in [0.1, 0.15) is 26.3 Å². The Balaban J connectivity index is 2.17. The molecule has 1 amide bonds. The van der Waals surface area contributed by atoms with Crippen LogP contribution in [0.2, 0.25) is 0 Å². The molecule has 1 aromatic heterocycles. The third-order valence-electron chi connectivity index (χ3n) is 3.33. The molecule has 0 atom stereocenters. The summed E-state index contributed by atoms with van der Waals surface area (Å²) in [6.07, 6.45) is 3.14. The summed E-state index contributed by atoms with van der Waals surface area (Å²) in [6, 6.07) is 0. The Morgan fingerprint density at radius 1 is 1.48 bits per heavy atom. The van der Waals surface area contributed by atoms with E-state index in [1.54, 1.807) is 17.1 Å². The van der Waals surface area contributed by atoms with Crippen LogP contribution in [0.4, 0.5) is 10.5 Å². The molecule has 6 nitrogen and oxygen atoms in total. The molecule has 2 aliphatic heterocycles. The lowest BCUT2D eigenvalue weighted by molar-refractivity contribution is 0.0584. The average Bonchev–Trinajstić information content (AvgIpc) is 2.69. The van der Waals surface area contributed by atoms with Crippen molar-refractivity contribution in [2.45, 2.75) is 32.9 Å². The number of nitrogens with one attached hydrogen (secondary N) is 1. The molecule has 8 heteroatoms. The number of fused-ring (bicyclic) bond motifs is 3. The van der Waals surface area contributed by atoms with Crippen LogP contribution in [0.25, 0.3) is 10.7 Å². The molecule has 1 aromatic rings. The number of carbonyl (C=O) groups excluding carboxylic acids is 1. The molecule has 0 fully saturated rings. The van der Waals surface area contributed by atoms with Gasteiger partial charge in [0.2, 0.25) is 0 Å². The smallest absolute Gasteiger partial charge is 0.415 e. The summed E-state index contributed by atoms with van der Waals surface area (Å²) in [5, 5.41) is 10.2. The molecule has 2 aliphatic rings. The zero-order valence-corrected chi connectivity index (χ0v) is 15.3. The Hall–Kier alpha value is -1.60. The molecule has 0 unspecified atom stereocenters. The Kier molecular flexibility index (Phi) is 4.10. The van der Waals surface area contributed by atoms with Crippen LogP contribution in [-0.2, 0) is 11.3 Å². The van der Waals surface area contributed by atoms with E-state index in [0.717, 1.165) is 21.9 Å². The van der Waals surface area contributed by atoms with Crippen LogP contribution >= 0.6 is 27.5 Å².